The van der Waals surface area contributed by atoms with Gasteiger partial charge >= 0.3 is 5.97 Å². The number of likely N-dealkylation sites (N-methyl/N-ethyl adjacent to an activating group) is 1. The van der Waals surface area contributed by atoms with Crippen LogP contribution < -0.4 is 9.64 Å². The molecule has 0 saturated carbocycles. The third-order valence-electron chi connectivity index (χ3n) is 2.55. The van der Waals surface area contributed by atoms with Gasteiger partial charge in [-0.05, 0) is 24.3 Å². The zero-order valence-corrected chi connectivity index (χ0v) is 10.6. The number of rotatable bonds is 5. The Balaban J connectivity index is 2.17. The first kappa shape index (κ1) is 12.9. The zero-order valence-electron chi connectivity index (χ0n) is 10.6. The predicted molar refractivity (Wildman–Crippen MR) is 69.3 cm³/mol. The van der Waals surface area contributed by atoms with Crippen LogP contribution in [0.25, 0.3) is 11.4 Å². The minimum absolute atomic E-state index is 0.153. The number of methoxy groups -OCH3 is 1. The average molecular weight is 262 g/mol. The van der Waals surface area contributed by atoms with Gasteiger partial charge in [0, 0.05) is 12.6 Å². The Labute approximate surface area is 109 Å². The molecule has 100 valence electrons. The fraction of sp³-hybridized carbons (Fsp3) is 0.250. The van der Waals surface area contributed by atoms with Crippen molar-refractivity contribution in [2.75, 3.05) is 25.6 Å². The number of benzene rings is 1. The Bertz CT molecular complexity index is 565. The van der Waals surface area contributed by atoms with Gasteiger partial charge in [0.05, 0.1) is 7.11 Å². The van der Waals surface area contributed by atoms with Crippen LogP contribution in [-0.2, 0) is 4.79 Å². The molecule has 0 saturated heterocycles. The van der Waals surface area contributed by atoms with Crippen LogP contribution in [0.2, 0.25) is 0 Å². The van der Waals surface area contributed by atoms with E-state index >= 15 is 0 Å². The highest BCUT2D eigenvalue weighted by molar-refractivity contribution is 5.72. The Kier molecular flexibility index (Phi) is 3.65. The first-order chi connectivity index (χ1) is 9.10. The lowest BCUT2D eigenvalue weighted by Gasteiger charge is -2.10. The molecule has 0 aliphatic heterocycles. The molecule has 7 heteroatoms. The molecule has 0 aliphatic carbocycles. The maximum Gasteiger partial charge on any atom is 0.323 e. The fourth-order valence-corrected chi connectivity index (χ4v) is 1.58. The van der Waals surface area contributed by atoms with Crippen molar-refractivity contribution < 1.29 is 14.6 Å². The summed E-state index contributed by atoms with van der Waals surface area (Å²) in [4.78, 5) is 16.3. The van der Waals surface area contributed by atoms with Gasteiger partial charge in [-0.15, -0.1) is 5.10 Å². The minimum atomic E-state index is -0.932. The molecule has 1 heterocycles. The van der Waals surface area contributed by atoms with E-state index in [1.165, 1.54) is 4.90 Å². The Morgan fingerprint density at radius 3 is 2.68 bits per heavy atom. The fourth-order valence-electron chi connectivity index (χ4n) is 1.58. The molecule has 0 unspecified atom stereocenters. The van der Waals surface area contributed by atoms with Gasteiger partial charge in [-0.25, -0.2) is 0 Å². The summed E-state index contributed by atoms with van der Waals surface area (Å²) in [5.74, 6) is 0.743. The lowest BCUT2D eigenvalue weighted by Crippen LogP contribution is -2.26. The molecule has 2 aromatic rings. The summed E-state index contributed by atoms with van der Waals surface area (Å²) in [7, 11) is 3.22. The van der Waals surface area contributed by atoms with Crippen molar-refractivity contribution in [1.82, 2.24) is 15.2 Å². The highest BCUT2D eigenvalue weighted by atomic mass is 16.5. The molecule has 19 heavy (non-hydrogen) atoms. The number of aromatic amines is 1. The number of aromatic nitrogens is 3. The standard InChI is InChI=1S/C12H14N4O3/c1-16(7-10(17)18)12-13-11(14-15-12)8-3-5-9(19-2)6-4-8/h3-6H,7H2,1-2H3,(H,17,18)(H,13,14,15). The van der Waals surface area contributed by atoms with Crippen LogP contribution >= 0.6 is 0 Å². The van der Waals surface area contributed by atoms with Gasteiger partial charge in [0.1, 0.15) is 12.3 Å². The maximum atomic E-state index is 10.6. The van der Waals surface area contributed by atoms with Crippen LogP contribution in [0.15, 0.2) is 24.3 Å². The summed E-state index contributed by atoms with van der Waals surface area (Å²) in [6, 6.07) is 7.33. The summed E-state index contributed by atoms with van der Waals surface area (Å²) in [6.07, 6.45) is 0. The monoisotopic (exact) mass is 262 g/mol. The molecule has 0 spiro atoms. The van der Waals surface area contributed by atoms with E-state index in [0.29, 0.717) is 11.8 Å². The largest absolute Gasteiger partial charge is 0.497 e. The molecular weight excluding hydrogens is 248 g/mol. The smallest absolute Gasteiger partial charge is 0.323 e. The quantitative estimate of drug-likeness (QED) is 0.835. The molecule has 0 amide bonds. The highest BCUT2D eigenvalue weighted by Gasteiger charge is 2.12. The lowest BCUT2D eigenvalue weighted by atomic mass is 10.2. The van der Waals surface area contributed by atoms with Crippen LogP contribution in [0.1, 0.15) is 0 Å². The van der Waals surface area contributed by atoms with E-state index in [9.17, 15) is 4.79 Å². The van der Waals surface area contributed by atoms with E-state index in [-0.39, 0.29) is 6.54 Å². The second-order valence-corrected chi connectivity index (χ2v) is 3.96. The van der Waals surface area contributed by atoms with Gasteiger partial charge in [0.15, 0.2) is 5.82 Å². The van der Waals surface area contributed by atoms with Gasteiger partial charge in [-0.3, -0.25) is 9.89 Å². The van der Waals surface area contributed by atoms with Crippen molar-refractivity contribution in [2.45, 2.75) is 0 Å². The molecule has 2 N–H and O–H groups in total. The van der Waals surface area contributed by atoms with Crippen LogP contribution in [0.5, 0.6) is 5.75 Å². The number of H-pyrrole nitrogens is 1. The molecule has 0 atom stereocenters. The summed E-state index contributed by atoms with van der Waals surface area (Å²) < 4.78 is 5.07. The van der Waals surface area contributed by atoms with Crippen LogP contribution in [-0.4, -0.2) is 47.0 Å². The normalized spacial score (nSPS) is 10.2. The second-order valence-electron chi connectivity index (χ2n) is 3.96. The van der Waals surface area contributed by atoms with Crippen LogP contribution in [0.3, 0.4) is 0 Å². The van der Waals surface area contributed by atoms with Gasteiger partial charge in [-0.2, -0.15) is 4.98 Å². The molecule has 0 radical (unpaired) electrons. The second kappa shape index (κ2) is 5.38. The van der Waals surface area contributed by atoms with Crippen molar-refractivity contribution >= 4 is 11.9 Å². The molecular formula is C12H14N4O3. The topological polar surface area (TPSA) is 91.3 Å². The maximum absolute atomic E-state index is 10.6. The summed E-state index contributed by atoms with van der Waals surface area (Å²) in [6.45, 7) is -0.153. The molecule has 0 fully saturated rings. The molecule has 2 rings (SSSR count). The molecule has 0 aliphatic rings. The van der Waals surface area contributed by atoms with E-state index in [1.807, 2.05) is 24.3 Å². The molecule has 1 aromatic carbocycles. The first-order valence-corrected chi connectivity index (χ1v) is 5.60. The average Bonchev–Trinajstić information content (AvgIpc) is 2.88. The molecule has 0 bridgehead atoms. The van der Waals surface area contributed by atoms with Crippen LogP contribution in [0, 0.1) is 0 Å². The first-order valence-electron chi connectivity index (χ1n) is 5.60. The van der Waals surface area contributed by atoms with E-state index in [2.05, 4.69) is 15.2 Å². The zero-order chi connectivity index (χ0) is 13.8. The number of hydrogen-bond donors (Lipinski definition) is 2. The van der Waals surface area contributed by atoms with E-state index < -0.39 is 5.97 Å². The van der Waals surface area contributed by atoms with E-state index in [4.69, 9.17) is 9.84 Å². The summed E-state index contributed by atoms with van der Waals surface area (Å²) in [5.41, 5.74) is 0.850. The third kappa shape index (κ3) is 3.01. The van der Waals surface area contributed by atoms with Crippen molar-refractivity contribution in [3.8, 4) is 17.1 Å². The predicted octanol–water partition coefficient (Wildman–Crippen LogP) is 1.00. The number of anilines is 1. The summed E-state index contributed by atoms with van der Waals surface area (Å²) >= 11 is 0. The lowest BCUT2D eigenvalue weighted by molar-refractivity contribution is -0.135. The number of carboxylic acids is 1. The Morgan fingerprint density at radius 1 is 1.42 bits per heavy atom. The minimum Gasteiger partial charge on any atom is -0.497 e. The van der Waals surface area contributed by atoms with Crippen molar-refractivity contribution in [1.29, 1.82) is 0 Å². The number of hydrogen-bond acceptors (Lipinski definition) is 5. The molecule has 1 aromatic heterocycles. The number of nitrogens with zero attached hydrogens (tertiary/aromatic N) is 3. The number of ether oxygens (including phenoxy) is 1. The summed E-state index contributed by atoms with van der Waals surface area (Å²) in [5, 5.41) is 15.5. The Morgan fingerprint density at radius 2 is 2.11 bits per heavy atom. The van der Waals surface area contributed by atoms with E-state index in [1.54, 1.807) is 14.2 Å². The van der Waals surface area contributed by atoms with Crippen molar-refractivity contribution in [3.63, 3.8) is 0 Å². The number of nitrogens with one attached hydrogen (secondary N) is 1. The number of carboxylic acid groups (broad SMARTS) is 1. The molecule has 7 nitrogen and oxygen atoms in total. The van der Waals surface area contributed by atoms with Gasteiger partial charge in [0.25, 0.3) is 0 Å². The van der Waals surface area contributed by atoms with Gasteiger partial charge < -0.3 is 14.7 Å². The van der Waals surface area contributed by atoms with Crippen molar-refractivity contribution in [2.24, 2.45) is 0 Å². The Hall–Kier alpha value is -2.57. The van der Waals surface area contributed by atoms with Crippen molar-refractivity contribution in [3.05, 3.63) is 24.3 Å². The third-order valence-corrected chi connectivity index (χ3v) is 2.55. The SMILES string of the molecule is COc1ccc(-c2nc(N(C)CC(=O)O)n[nH]2)cc1. The van der Waals surface area contributed by atoms with E-state index in [0.717, 1.165) is 11.3 Å². The van der Waals surface area contributed by atoms with Gasteiger partial charge in [0.2, 0.25) is 5.95 Å². The number of aliphatic carboxylic acids is 1. The van der Waals surface area contributed by atoms with Crippen LogP contribution in [0.4, 0.5) is 5.95 Å². The highest BCUT2D eigenvalue weighted by Crippen LogP contribution is 2.20. The number of carbonyl (C=O) groups is 1. The van der Waals surface area contributed by atoms with Gasteiger partial charge in [-0.1, -0.05) is 0 Å².